The molecule has 0 spiro atoms. The second-order valence-electron chi connectivity index (χ2n) is 4.71. The third kappa shape index (κ3) is 3.25. The van der Waals surface area contributed by atoms with E-state index in [4.69, 9.17) is 11.6 Å². The van der Waals surface area contributed by atoms with Gasteiger partial charge in [-0.2, -0.15) is 0 Å². The fourth-order valence-corrected chi connectivity index (χ4v) is 3.36. The highest BCUT2D eigenvalue weighted by molar-refractivity contribution is 7.59. The molecular weight excluding hydrogens is 255 g/mol. The summed E-state index contributed by atoms with van der Waals surface area (Å²) in [6, 6.07) is 7.90. The zero-order valence-electron chi connectivity index (χ0n) is 10.3. The molecule has 0 unspecified atom stereocenters. The van der Waals surface area contributed by atoms with Crippen molar-refractivity contribution in [1.82, 2.24) is 4.67 Å². The molecule has 0 aromatic heterocycles. The van der Waals surface area contributed by atoms with Gasteiger partial charge in [0.1, 0.15) is 7.29 Å². The highest BCUT2D eigenvalue weighted by atomic mass is 35.5. The normalized spacial score (nSPS) is 18.4. The Labute approximate surface area is 108 Å². The molecule has 1 fully saturated rings. The maximum absolute atomic E-state index is 11.9. The van der Waals surface area contributed by atoms with Crippen LogP contribution < -0.4 is 4.90 Å². The Balaban J connectivity index is 2.00. The van der Waals surface area contributed by atoms with E-state index < -0.39 is 7.29 Å². The van der Waals surface area contributed by atoms with Crippen LogP contribution in [0, 0.1) is 0 Å². The summed E-state index contributed by atoms with van der Waals surface area (Å²) in [7, 11) is -2.08. The van der Waals surface area contributed by atoms with Gasteiger partial charge in [-0.25, -0.2) is 0 Å². The molecule has 1 aliphatic rings. The summed E-state index contributed by atoms with van der Waals surface area (Å²) in [5, 5.41) is 0.763. The molecule has 0 radical (unpaired) electrons. The predicted octanol–water partition coefficient (Wildman–Crippen LogP) is 3.00. The van der Waals surface area contributed by atoms with Gasteiger partial charge in [0.25, 0.3) is 0 Å². The van der Waals surface area contributed by atoms with Gasteiger partial charge < -0.3 is 9.46 Å². The van der Waals surface area contributed by atoms with Gasteiger partial charge in [0, 0.05) is 50.2 Å². The molecule has 0 saturated carbocycles. The van der Waals surface area contributed by atoms with Crippen LogP contribution in [-0.4, -0.2) is 44.2 Å². The molecule has 0 N–H and O–H groups in total. The van der Waals surface area contributed by atoms with Crippen molar-refractivity contribution in [3.63, 3.8) is 0 Å². The number of halogens is 1. The summed E-state index contributed by atoms with van der Waals surface area (Å²) in [6.45, 7) is 7.26. The third-order valence-corrected chi connectivity index (χ3v) is 5.14. The molecule has 0 bridgehead atoms. The largest absolute Gasteiger partial charge is 0.369 e. The molecule has 1 heterocycles. The van der Waals surface area contributed by atoms with Gasteiger partial charge in [-0.05, 0) is 24.3 Å². The van der Waals surface area contributed by atoms with Crippen molar-refractivity contribution in [1.29, 1.82) is 0 Å². The molecule has 5 heteroatoms. The maximum atomic E-state index is 11.9. The van der Waals surface area contributed by atoms with Gasteiger partial charge >= 0.3 is 0 Å². The summed E-state index contributed by atoms with van der Waals surface area (Å²) in [6.07, 6.45) is 0. The smallest absolute Gasteiger partial charge is 0.144 e. The number of piperazine rings is 1. The van der Waals surface area contributed by atoms with Gasteiger partial charge in [-0.3, -0.25) is 4.67 Å². The summed E-state index contributed by atoms with van der Waals surface area (Å²) in [5.41, 5.74) is 1.19. The van der Waals surface area contributed by atoms with Crippen molar-refractivity contribution in [2.24, 2.45) is 0 Å². The average Bonchev–Trinajstić information content (AvgIpc) is 2.29. The molecule has 1 saturated heterocycles. The first-order valence-corrected chi connectivity index (χ1v) is 8.71. The minimum Gasteiger partial charge on any atom is -0.369 e. The SMILES string of the molecule is CP(C)(=O)N1CCN(c2ccc(Cl)cc2)CC1. The monoisotopic (exact) mass is 272 g/mol. The minimum absolute atomic E-state index is 0.763. The van der Waals surface area contributed by atoms with E-state index >= 15 is 0 Å². The predicted molar refractivity (Wildman–Crippen MR) is 74.7 cm³/mol. The van der Waals surface area contributed by atoms with Crippen LogP contribution in [0.15, 0.2) is 24.3 Å². The first-order chi connectivity index (χ1) is 7.97. The van der Waals surface area contributed by atoms with Gasteiger partial charge in [0.2, 0.25) is 0 Å². The van der Waals surface area contributed by atoms with Gasteiger partial charge in [0.15, 0.2) is 0 Å². The Morgan fingerprint density at radius 2 is 1.59 bits per heavy atom. The summed E-state index contributed by atoms with van der Waals surface area (Å²) in [4.78, 5) is 2.31. The van der Waals surface area contributed by atoms with Crippen LogP contribution in [0.4, 0.5) is 5.69 Å². The Morgan fingerprint density at radius 1 is 1.06 bits per heavy atom. The second-order valence-corrected chi connectivity index (χ2v) is 8.30. The molecule has 1 aromatic rings. The molecule has 17 heavy (non-hydrogen) atoms. The lowest BCUT2D eigenvalue weighted by atomic mass is 10.2. The van der Waals surface area contributed by atoms with Gasteiger partial charge in [0.05, 0.1) is 0 Å². The first kappa shape index (κ1) is 12.9. The van der Waals surface area contributed by atoms with Crippen molar-refractivity contribution in [2.45, 2.75) is 0 Å². The first-order valence-electron chi connectivity index (χ1n) is 5.78. The van der Waals surface area contributed by atoms with E-state index in [0.717, 1.165) is 31.2 Å². The lowest BCUT2D eigenvalue weighted by Crippen LogP contribution is -2.44. The standard InChI is InChI=1S/C12H18ClN2OP/c1-17(2,16)15-9-7-14(8-10-15)12-5-3-11(13)4-6-12/h3-6H,7-10H2,1-2H3. The summed E-state index contributed by atoms with van der Waals surface area (Å²) in [5.74, 6) is 0. The van der Waals surface area contributed by atoms with E-state index in [1.165, 1.54) is 5.69 Å². The van der Waals surface area contributed by atoms with Crippen molar-refractivity contribution in [3.05, 3.63) is 29.3 Å². The Hall–Kier alpha value is -0.500. The molecule has 0 aliphatic carbocycles. The Kier molecular flexibility index (Phi) is 3.82. The molecule has 0 amide bonds. The van der Waals surface area contributed by atoms with Crippen LogP contribution in [-0.2, 0) is 4.57 Å². The zero-order valence-corrected chi connectivity index (χ0v) is 11.9. The minimum atomic E-state index is -2.08. The van der Waals surface area contributed by atoms with E-state index in [1.54, 1.807) is 0 Å². The van der Waals surface area contributed by atoms with Crippen molar-refractivity contribution >= 4 is 24.6 Å². The molecular formula is C12H18ClN2OP. The van der Waals surface area contributed by atoms with Gasteiger partial charge in [-0.1, -0.05) is 11.6 Å². The quantitative estimate of drug-likeness (QED) is 0.773. The van der Waals surface area contributed by atoms with E-state index in [9.17, 15) is 4.57 Å². The maximum Gasteiger partial charge on any atom is 0.144 e. The van der Waals surface area contributed by atoms with Crippen molar-refractivity contribution < 1.29 is 4.57 Å². The number of nitrogens with zero attached hydrogens (tertiary/aromatic N) is 2. The molecule has 1 aliphatic heterocycles. The van der Waals surface area contributed by atoms with Crippen LogP contribution in [0.5, 0.6) is 0 Å². The molecule has 1 aromatic carbocycles. The third-order valence-electron chi connectivity index (χ3n) is 3.13. The van der Waals surface area contributed by atoms with E-state index in [1.807, 2.05) is 37.6 Å². The molecule has 2 rings (SSSR count). The lowest BCUT2D eigenvalue weighted by molar-refractivity contribution is 0.388. The Bertz CT molecular complexity index is 421. The highest BCUT2D eigenvalue weighted by Gasteiger charge is 2.24. The van der Waals surface area contributed by atoms with E-state index in [-0.39, 0.29) is 0 Å². The van der Waals surface area contributed by atoms with E-state index in [2.05, 4.69) is 9.57 Å². The Morgan fingerprint density at radius 3 is 2.06 bits per heavy atom. The fourth-order valence-electron chi connectivity index (χ4n) is 2.09. The topological polar surface area (TPSA) is 23.6 Å². The second kappa shape index (κ2) is 5.01. The number of benzene rings is 1. The lowest BCUT2D eigenvalue weighted by Gasteiger charge is -2.37. The number of hydrogen-bond acceptors (Lipinski definition) is 2. The fraction of sp³-hybridized carbons (Fsp3) is 0.500. The van der Waals surface area contributed by atoms with Gasteiger partial charge in [-0.15, -0.1) is 0 Å². The molecule has 94 valence electrons. The highest BCUT2D eigenvalue weighted by Crippen LogP contribution is 2.41. The van der Waals surface area contributed by atoms with E-state index in [0.29, 0.717) is 0 Å². The average molecular weight is 273 g/mol. The number of rotatable bonds is 2. The van der Waals surface area contributed by atoms with Crippen LogP contribution in [0.3, 0.4) is 0 Å². The summed E-state index contributed by atoms with van der Waals surface area (Å²) < 4.78 is 14.0. The van der Waals surface area contributed by atoms with Crippen LogP contribution in [0.1, 0.15) is 0 Å². The van der Waals surface area contributed by atoms with Crippen molar-refractivity contribution in [2.75, 3.05) is 44.4 Å². The van der Waals surface area contributed by atoms with Crippen LogP contribution >= 0.6 is 18.9 Å². The molecule has 3 nitrogen and oxygen atoms in total. The van der Waals surface area contributed by atoms with Crippen molar-refractivity contribution in [3.8, 4) is 0 Å². The summed E-state index contributed by atoms with van der Waals surface area (Å²) >= 11 is 5.87. The number of anilines is 1. The van der Waals surface area contributed by atoms with Crippen LogP contribution in [0.2, 0.25) is 5.02 Å². The zero-order chi connectivity index (χ0) is 12.5. The molecule has 0 atom stereocenters. The van der Waals surface area contributed by atoms with Crippen LogP contribution in [0.25, 0.3) is 0 Å². The number of hydrogen-bond donors (Lipinski definition) is 0.